The smallest absolute Gasteiger partial charge is 0.103 e. The molecule has 0 saturated heterocycles. The van der Waals surface area contributed by atoms with Crippen LogP contribution < -0.4 is 11.3 Å². The first-order valence-corrected chi connectivity index (χ1v) is 5.69. The van der Waals surface area contributed by atoms with Gasteiger partial charge in [0.15, 0.2) is 0 Å². The molecule has 3 N–H and O–H groups in total. The third-order valence-corrected chi connectivity index (χ3v) is 2.87. The highest BCUT2D eigenvalue weighted by Gasteiger charge is 2.16. The Kier molecular flexibility index (Phi) is 4.02. The molecule has 0 fully saturated rings. The van der Waals surface area contributed by atoms with Crippen LogP contribution in [-0.4, -0.2) is 12.6 Å². The molecule has 1 unspecified atom stereocenters. The van der Waals surface area contributed by atoms with Gasteiger partial charge in [-0.1, -0.05) is 0 Å². The van der Waals surface area contributed by atoms with Crippen LogP contribution in [0, 0.1) is 0 Å². The van der Waals surface area contributed by atoms with Crippen LogP contribution in [0.1, 0.15) is 25.0 Å². The highest BCUT2D eigenvalue weighted by atomic mass is 16.5. The van der Waals surface area contributed by atoms with Crippen LogP contribution in [0.4, 0.5) is 0 Å². The normalized spacial score (nSPS) is 17.7. The molecule has 1 atom stereocenters. The lowest BCUT2D eigenvalue weighted by Crippen LogP contribution is -2.37. The van der Waals surface area contributed by atoms with Gasteiger partial charge in [-0.3, -0.25) is 11.3 Å². The summed E-state index contributed by atoms with van der Waals surface area (Å²) in [7, 11) is 0. The van der Waals surface area contributed by atoms with Crippen molar-refractivity contribution >= 4 is 0 Å². The molecule has 1 aromatic heterocycles. The van der Waals surface area contributed by atoms with E-state index in [2.05, 4.69) is 5.43 Å². The summed E-state index contributed by atoms with van der Waals surface area (Å²) in [6.45, 7) is 0.818. The number of hydrogen-bond donors (Lipinski definition) is 2. The predicted octanol–water partition coefficient (Wildman–Crippen LogP) is 1.74. The zero-order chi connectivity index (χ0) is 11.2. The summed E-state index contributed by atoms with van der Waals surface area (Å²) in [5.74, 6) is 6.56. The van der Waals surface area contributed by atoms with Crippen LogP contribution in [0.3, 0.4) is 0 Å². The monoisotopic (exact) mass is 222 g/mol. The third-order valence-electron chi connectivity index (χ3n) is 2.87. The van der Waals surface area contributed by atoms with Gasteiger partial charge in [-0.2, -0.15) is 0 Å². The molecular formula is C12H18N2O2. The molecule has 0 saturated carbocycles. The third kappa shape index (κ3) is 2.87. The van der Waals surface area contributed by atoms with E-state index in [-0.39, 0.29) is 6.04 Å². The fourth-order valence-electron chi connectivity index (χ4n) is 1.96. The Labute approximate surface area is 95.4 Å². The lowest BCUT2D eigenvalue weighted by atomic mass is 9.98. The molecule has 4 nitrogen and oxygen atoms in total. The van der Waals surface area contributed by atoms with Crippen molar-refractivity contribution in [2.24, 2.45) is 5.84 Å². The minimum Gasteiger partial charge on any atom is -0.501 e. The molecule has 0 radical (unpaired) electrons. The van der Waals surface area contributed by atoms with Crippen molar-refractivity contribution in [2.75, 3.05) is 6.61 Å². The number of nitrogens with two attached hydrogens (primary N) is 1. The molecule has 1 aliphatic heterocycles. The molecule has 1 aromatic rings. The molecule has 2 heterocycles. The van der Waals surface area contributed by atoms with Gasteiger partial charge in [0.05, 0.1) is 19.1 Å². The van der Waals surface area contributed by atoms with Gasteiger partial charge in [-0.15, -0.1) is 0 Å². The van der Waals surface area contributed by atoms with E-state index in [0.717, 1.165) is 38.1 Å². The fraction of sp³-hybridized carbons (Fsp3) is 0.500. The average Bonchev–Trinajstić information content (AvgIpc) is 2.84. The van der Waals surface area contributed by atoms with Crippen molar-refractivity contribution in [3.8, 4) is 0 Å². The van der Waals surface area contributed by atoms with Crippen molar-refractivity contribution in [2.45, 2.75) is 31.7 Å². The quantitative estimate of drug-likeness (QED) is 0.588. The van der Waals surface area contributed by atoms with Gasteiger partial charge >= 0.3 is 0 Å². The van der Waals surface area contributed by atoms with Crippen molar-refractivity contribution in [3.63, 3.8) is 0 Å². The van der Waals surface area contributed by atoms with Crippen molar-refractivity contribution in [3.05, 3.63) is 36.0 Å². The van der Waals surface area contributed by atoms with Gasteiger partial charge in [-0.25, -0.2) is 0 Å². The van der Waals surface area contributed by atoms with Crippen LogP contribution in [0.25, 0.3) is 0 Å². The average molecular weight is 222 g/mol. The summed E-state index contributed by atoms with van der Waals surface area (Å²) in [5, 5.41) is 0. The van der Waals surface area contributed by atoms with Gasteiger partial charge < -0.3 is 9.15 Å². The second kappa shape index (κ2) is 5.72. The fourth-order valence-corrected chi connectivity index (χ4v) is 1.96. The minimum absolute atomic E-state index is 0.186. The number of nitrogens with one attached hydrogen (secondary N) is 1. The number of rotatable bonds is 5. The van der Waals surface area contributed by atoms with Gasteiger partial charge in [0.1, 0.15) is 5.76 Å². The summed E-state index contributed by atoms with van der Waals surface area (Å²) in [4.78, 5) is 0. The number of hydrogen-bond acceptors (Lipinski definition) is 4. The minimum atomic E-state index is 0.186. The molecule has 0 aromatic carbocycles. The summed E-state index contributed by atoms with van der Waals surface area (Å²) in [6.07, 6.45) is 7.50. The van der Waals surface area contributed by atoms with E-state index >= 15 is 0 Å². The second-order valence-electron chi connectivity index (χ2n) is 4.00. The zero-order valence-electron chi connectivity index (χ0n) is 9.32. The first-order chi connectivity index (χ1) is 7.90. The summed E-state index contributed by atoms with van der Waals surface area (Å²) >= 11 is 0. The number of furan rings is 1. The number of ether oxygens (including phenoxy) is 1. The van der Waals surface area contributed by atoms with Gasteiger partial charge in [0.2, 0.25) is 0 Å². The van der Waals surface area contributed by atoms with E-state index in [1.807, 2.05) is 18.4 Å². The Morgan fingerprint density at radius 3 is 3.06 bits per heavy atom. The SMILES string of the molecule is NNC(CCc1ccco1)C1=COCCC1. The zero-order valence-corrected chi connectivity index (χ0v) is 9.32. The van der Waals surface area contributed by atoms with Crippen molar-refractivity contribution in [1.29, 1.82) is 0 Å². The standard InChI is InChI=1S/C12H18N2O2/c13-14-12(10-3-1-7-15-9-10)6-5-11-4-2-8-16-11/h2,4,8-9,12,14H,1,3,5-7,13H2. The van der Waals surface area contributed by atoms with Crippen molar-refractivity contribution < 1.29 is 9.15 Å². The Balaban J connectivity index is 1.87. The lowest BCUT2D eigenvalue weighted by Gasteiger charge is -2.22. The maximum absolute atomic E-state index is 5.57. The lowest BCUT2D eigenvalue weighted by molar-refractivity contribution is 0.218. The molecule has 0 spiro atoms. The van der Waals surface area contributed by atoms with Crippen LogP contribution in [0.2, 0.25) is 0 Å². The van der Waals surface area contributed by atoms with E-state index in [0.29, 0.717) is 0 Å². The highest BCUT2D eigenvalue weighted by molar-refractivity contribution is 5.10. The van der Waals surface area contributed by atoms with Gasteiger partial charge in [0.25, 0.3) is 0 Å². The topological polar surface area (TPSA) is 60.4 Å². The maximum Gasteiger partial charge on any atom is 0.103 e. The molecule has 2 rings (SSSR count). The molecule has 88 valence electrons. The van der Waals surface area contributed by atoms with Gasteiger partial charge in [-0.05, 0) is 37.0 Å². The number of aryl methyl sites for hydroxylation is 1. The second-order valence-corrected chi connectivity index (χ2v) is 4.00. The molecule has 0 amide bonds. The van der Waals surface area contributed by atoms with Crippen LogP contribution in [0.5, 0.6) is 0 Å². The summed E-state index contributed by atoms with van der Waals surface area (Å²) in [6, 6.07) is 4.08. The van der Waals surface area contributed by atoms with Crippen LogP contribution in [-0.2, 0) is 11.2 Å². The molecule has 0 aliphatic carbocycles. The van der Waals surface area contributed by atoms with E-state index in [4.69, 9.17) is 15.0 Å². The molecule has 1 aliphatic rings. The highest BCUT2D eigenvalue weighted by Crippen LogP contribution is 2.19. The van der Waals surface area contributed by atoms with E-state index in [1.165, 1.54) is 5.57 Å². The predicted molar refractivity (Wildman–Crippen MR) is 61.4 cm³/mol. The first-order valence-electron chi connectivity index (χ1n) is 5.69. The van der Waals surface area contributed by atoms with E-state index in [9.17, 15) is 0 Å². The first kappa shape index (κ1) is 11.2. The summed E-state index contributed by atoms with van der Waals surface area (Å²) < 4.78 is 10.6. The summed E-state index contributed by atoms with van der Waals surface area (Å²) in [5.41, 5.74) is 4.09. The van der Waals surface area contributed by atoms with Gasteiger partial charge in [0, 0.05) is 12.5 Å². The molecule has 16 heavy (non-hydrogen) atoms. The number of hydrazine groups is 1. The van der Waals surface area contributed by atoms with E-state index in [1.54, 1.807) is 6.26 Å². The molecular weight excluding hydrogens is 204 g/mol. The Morgan fingerprint density at radius 2 is 2.44 bits per heavy atom. The van der Waals surface area contributed by atoms with Crippen LogP contribution >= 0.6 is 0 Å². The molecule has 4 heteroatoms. The van der Waals surface area contributed by atoms with Crippen molar-refractivity contribution in [1.82, 2.24) is 5.43 Å². The van der Waals surface area contributed by atoms with Crippen LogP contribution in [0.15, 0.2) is 34.6 Å². The molecule has 0 bridgehead atoms. The Bertz CT molecular complexity index is 333. The largest absolute Gasteiger partial charge is 0.501 e. The Hall–Kier alpha value is -1.26. The Morgan fingerprint density at radius 1 is 1.50 bits per heavy atom. The maximum atomic E-state index is 5.57. The van der Waals surface area contributed by atoms with E-state index < -0.39 is 0 Å².